The SMILES string of the molecule is Clc1ccc(C=CC2=NC34C(=CCc5ccccc53)C=CC=C4O2)cc1. The second-order valence-electron chi connectivity index (χ2n) is 6.56. The second kappa shape index (κ2) is 5.86. The number of hydrogen-bond donors (Lipinski definition) is 0. The molecule has 2 aromatic carbocycles. The van der Waals surface area contributed by atoms with Crippen molar-refractivity contribution in [3.05, 3.63) is 112 Å². The molecule has 126 valence electrons. The number of halogens is 1. The molecule has 1 aliphatic heterocycles. The number of hydrogen-bond acceptors (Lipinski definition) is 2. The van der Waals surface area contributed by atoms with Crippen LogP contribution in [0.5, 0.6) is 0 Å². The lowest BCUT2D eigenvalue weighted by Crippen LogP contribution is -2.31. The monoisotopic (exact) mass is 357 g/mol. The minimum absolute atomic E-state index is 0.538. The molecule has 1 unspecified atom stereocenters. The minimum atomic E-state index is -0.538. The largest absolute Gasteiger partial charge is 0.440 e. The van der Waals surface area contributed by atoms with Gasteiger partial charge in [-0.25, -0.2) is 4.99 Å². The Labute approximate surface area is 157 Å². The number of benzene rings is 2. The van der Waals surface area contributed by atoms with E-state index in [1.807, 2.05) is 48.6 Å². The molecule has 2 aromatic rings. The van der Waals surface area contributed by atoms with Crippen LogP contribution in [0.15, 0.2) is 95.2 Å². The van der Waals surface area contributed by atoms with E-state index in [9.17, 15) is 0 Å². The van der Waals surface area contributed by atoms with Crippen molar-refractivity contribution in [2.75, 3.05) is 0 Å². The summed E-state index contributed by atoms with van der Waals surface area (Å²) in [7, 11) is 0. The molecule has 0 radical (unpaired) electrons. The summed E-state index contributed by atoms with van der Waals surface area (Å²) in [4.78, 5) is 5.03. The third-order valence-corrected chi connectivity index (χ3v) is 5.28. The molecule has 0 N–H and O–H groups in total. The summed E-state index contributed by atoms with van der Waals surface area (Å²) in [6, 6.07) is 16.2. The number of fused-ring (bicyclic) bond motifs is 1. The summed E-state index contributed by atoms with van der Waals surface area (Å²) in [5, 5.41) is 0.728. The third-order valence-electron chi connectivity index (χ3n) is 5.03. The van der Waals surface area contributed by atoms with Gasteiger partial charge in [-0.3, -0.25) is 0 Å². The van der Waals surface area contributed by atoms with Gasteiger partial charge in [-0.15, -0.1) is 0 Å². The Balaban J connectivity index is 1.58. The zero-order chi connectivity index (χ0) is 17.6. The Kier molecular flexibility index (Phi) is 3.47. The summed E-state index contributed by atoms with van der Waals surface area (Å²) >= 11 is 5.95. The fraction of sp³-hybridized carbons (Fsp3) is 0.0870. The molecule has 0 aromatic heterocycles. The molecule has 2 nitrogen and oxygen atoms in total. The van der Waals surface area contributed by atoms with Crippen LogP contribution in [0.3, 0.4) is 0 Å². The highest BCUT2D eigenvalue weighted by Gasteiger charge is 2.48. The van der Waals surface area contributed by atoms with E-state index >= 15 is 0 Å². The van der Waals surface area contributed by atoms with Crippen LogP contribution in [-0.4, -0.2) is 5.90 Å². The number of allylic oxidation sites excluding steroid dienone is 3. The molecular formula is C23H16ClNO. The van der Waals surface area contributed by atoms with E-state index in [4.69, 9.17) is 21.3 Å². The highest BCUT2D eigenvalue weighted by atomic mass is 35.5. The summed E-state index contributed by atoms with van der Waals surface area (Å²) < 4.78 is 6.13. The van der Waals surface area contributed by atoms with E-state index in [-0.39, 0.29) is 0 Å². The van der Waals surface area contributed by atoms with Crippen LogP contribution in [0.25, 0.3) is 6.08 Å². The van der Waals surface area contributed by atoms with Gasteiger partial charge in [-0.05, 0) is 53.0 Å². The van der Waals surface area contributed by atoms with Crippen molar-refractivity contribution < 1.29 is 4.74 Å². The van der Waals surface area contributed by atoms with Crippen LogP contribution >= 0.6 is 11.6 Å². The molecule has 0 saturated carbocycles. The van der Waals surface area contributed by atoms with Gasteiger partial charge in [0.1, 0.15) is 5.76 Å². The quantitative estimate of drug-likeness (QED) is 0.684. The average Bonchev–Trinajstić information content (AvgIpc) is 3.06. The molecule has 1 spiro atoms. The predicted molar refractivity (Wildman–Crippen MR) is 106 cm³/mol. The van der Waals surface area contributed by atoms with E-state index in [2.05, 4.69) is 36.4 Å². The fourth-order valence-corrected chi connectivity index (χ4v) is 3.92. The first-order valence-electron chi connectivity index (χ1n) is 8.65. The van der Waals surface area contributed by atoms with Gasteiger partial charge in [-0.1, -0.05) is 66.2 Å². The summed E-state index contributed by atoms with van der Waals surface area (Å²) in [5.74, 6) is 1.49. The molecule has 26 heavy (non-hydrogen) atoms. The molecule has 0 amide bonds. The summed E-state index contributed by atoms with van der Waals surface area (Å²) in [6.07, 6.45) is 13.3. The lowest BCUT2D eigenvalue weighted by molar-refractivity contribution is 0.381. The number of nitrogens with zero attached hydrogens (tertiary/aromatic N) is 1. The van der Waals surface area contributed by atoms with E-state index in [1.165, 1.54) is 16.7 Å². The van der Waals surface area contributed by atoms with Gasteiger partial charge < -0.3 is 4.74 Å². The van der Waals surface area contributed by atoms with Gasteiger partial charge in [0.15, 0.2) is 5.54 Å². The zero-order valence-electron chi connectivity index (χ0n) is 14.0. The normalized spacial score (nSPS) is 22.7. The average molecular weight is 358 g/mol. The molecule has 0 fully saturated rings. The molecule has 3 aliphatic rings. The molecule has 1 heterocycles. The van der Waals surface area contributed by atoms with Crippen LogP contribution in [0.1, 0.15) is 16.7 Å². The van der Waals surface area contributed by atoms with Crippen LogP contribution in [0.2, 0.25) is 5.02 Å². The van der Waals surface area contributed by atoms with Crippen molar-refractivity contribution >= 4 is 23.6 Å². The Morgan fingerprint density at radius 1 is 1.04 bits per heavy atom. The van der Waals surface area contributed by atoms with Crippen LogP contribution < -0.4 is 0 Å². The maximum atomic E-state index is 6.13. The van der Waals surface area contributed by atoms with E-state index in [0.717, 1.165) is 22.8 Å². The van der Waals surface area contributed by atoms with E-state index < -0.39 is 5.54 Å². The summed E-state index contributed by atoms with van der Waals surface area (Å²) in [5.41, 5.74) is 4.21. The minimum Gasteiger partial charge on any atom is -0.440 e. The predicted octanol–water partition coefficient (Wildman–Crippen LogP) is 5.61. The van der Waals surface area contributed by atoms with Crippen molar-refractivity contribution in [1.29, 1.82) is 0 Å². The smallest absolute Gasteiger partial charge is 0.216 e. The van der Waals surface area contributed by atoms with Crippen LogP contribution in [-0.2, 0) is 16.7 Å². The number of aliphatic imine (C=N–C) groups is 1. The Morgan fingerprint density at radius 3 is 2.77 bits per heavy atom. The maximum Gasteiger partial charge on any atom is 0.216 e. The standard InChI is InChI=1S/C23H16ClNO/c24-19-13-8-16(9-14-19)10-15-22-25-23-18(5-3-7-21(23)26-22)12-11-17-4-1-2-6-20(17)23/h1-10,12-15H,11H2. The highest BCUT2D eigenvalue weighted by molar-refractivity contribution is 6.30. The third kappa shape index (κ3) is 2.30. The van der Waals surface area contributed by atoms with Crippen LogP contribution in [0.4, 0.5) is 0 Å². The first-order valence-corrected chi connectivity index (χ1v) is 9.03. The van der Waals surface area contributed by atoms with Crippen molar-refractivity contribution in [2.45, 2.75) is 12.0 Å². The Bertz CT molecular complexity index is 1040. The highest BCUT2D eigenvalue weighted by Crippen LogP contribution is 2.50. The zero-order valence-corrected chi connectivity index (χ0v) is 14.8. The van der Waals surface area contributed by atoms with Gasteiger partial charge in [0.25, 0.3) is 0 Å². The topological polar surface area (TPSA) is 21.6 Å². The van der Waals surface area contributed by atoms with Crippen molar-refractivity contribution in [2.24, 2.45) is 4.99 Å². The number of rotatable bonds is 2. The van der Waals surface area contributed by atoms with Crippen LogP contribution in [0, 0.1) is 0 Å². The van der Waals surface area contributed by atoms with E-state index in [0.29, 0.717) is 5.90 Å². The van der Waals surface area contributed by atoms with Crippen molar-refractivity contribution in [3.63, 3.8) is 0 Å². The molecule has 0 saturated heterocycles. The van der Waals surface area contributed by atoms with Gasteiger partial charge in [0.05, 0.1) is 0 Å². The molecule has 2 aliphatic carbocycles. The molecule has 0 bridgehead atoms. The first-order chi connectivity index (χ1) is 12.8. The maximum absolute atomic E-state index is 6.13. The van der Waals surface area contributed by atoms with E-state index in [1.54, 1.807) is 0 Å². The second-order valence-corrected chi connectivity index (χ2v) is 6.99. The molecule has 1 atom stereocenters. The van der Waals surface area contributed by atoms with Gasteiger partial charge in [-0.2, -0.15) is 0 Å². The molecular weight excluding hydrogens is 342 g/mol. The van der Waals surface area contributed by atoms with Gasteiger partial charge >= 0.3 is 0 Å². The lowest BCUT2D eigenvalue weighted by atomic mass is 9.73. The van der Waals surface area contributed by atoms with Gasteiger partial charge in [0.2, 0.25) is 5.90 Å². The molecule has 5 rings (SSSR count). The first kappa shape index (κ1) is 15.4. The Hall–Kier alpha value is -2.84. The molecule has 3 heteroatoms. The fourth-order valence-electron chi connectivity index (χ4n) is 3.80. The number of ether oxygens (including phenoxy) is 1. The summed E-state index contributed by atoms with van der Waals surface area (Å²) in [6.45, 7) is 0. The van der Waals surface area contributed by atoms with Gasteiger partial charge in [0, 0.05) is 11.1 Å². The Morgan fingerprint density at radius 2 is 1.88 bits per heavy atom. The van der Waals surface area contributed by atoms with Crippen molar-refractivity contribution in [1.82, 2.24) is 0 Å². The van der Waals surface area contributed by atoms with Crippen molar-refractivity contribution in [3.8, 4) is 0 Å². The lowest BCUT2D eigenvalue weighted by Gasteiger charge is -2.34.